The first-order valence-corrected chi connectivity index (χ1v) is 9.06. The van der Waals surface area contributed by atoms with Crippen LogP contribution < -0.4 is 19.5 Å². The number of para-hydroxylation sites is 1. The van der Waals surface area contributed by atoms with Gasteiger partial charge in [-0.15, -0.1) is 0 Å². The summed E-state index contributed by atoms with van der Waals surface area (Å²) in [6.07, 6.45) is 4.98. The zero-order valence-corrected chi connectivity index (χ0v) is 16.2. The van der Waals surface area contributed by atoms with E-state index in [1.54, 1.807) is 20.3 Å². The van der Waals surface area contributed by atoms with E-state index in [4.69, 9.17) is 14.2 Å². The number of hydrogen-bond donors (Lipinski definition) is 1. The lowest BCUT2D eigenvalue weighted by Crippen LogP contribution is -2.22. The molecule has 144 valence electrons. The predicted octanol–water partition coefficient (Wildman–Crippen LogP) is 3.86. The largest absolute Gasteiger partial charge is 0.494 e. The first kappa shape index (κ1) is 20.4. The van der Waals surface area contributed by atoms with Crippen LogP contribution in [0.5, 0.6) is 17.2 Å². The lowest BCUT2D eigenvalue weighted by molar-refractivity contribution is -0.116. The van der Waals surface area contributed by atoms with E-state index in [2.05, 4.69) is 11.4 Å². The molecule has 0 fully saturated rings. The van der Waals surface area contributed by atoms with E-state index < -0.39 is 0 Å². The fourth-order valence-electron chi connectivity index (χ4n) is 2.68. The van der Waals surface area contributed by atoms with Gasteiger partial charge in [-0.2, -0.15) is 0 Å². The maximum atomic E-state index is 12.0. The lowest BCUT2D eigenvalue weighted by Gasteiger charge is -2.10. The third-order valence-electron chi connectivity index (χ3n) is 4.03. The molecule has 5 nitrogen and oxygen atoms in total. The van der Waals surface area contributed by atoms with Crippen molar-refractivity contribution in [2.24, 2.45) is 0 Å². The van der Waals surface area contributed by atoms with Crippen molar-refractivity contribution in [1.29, 1.82) is 0 Å². The summed E-state index contributed by atoms with van der Waals surface area (Å²) in [5, 5.41) is 2.90. The number of ether oxygens (including phenoxy) is 3. The van der Waals surface area contributed by atoms with Crippen molar-refractivity contribution in [1.82, 2.24) is 5.32 Å². The highest BCUT2D eigenvalue weighted by Gasteiger charge is 2.04. The summed E-state index contributed by atoms with van der Waals surface area (Å²) in [6.45, 7) is 3.23. The fraction of sp³-hybridized carbons (Fsp3) is 0.318. The number of benzene rings is 2. The molecule has 0 aliphatic rings. The SMILES string of the molecule is CCOc1ccccc1CCCNC(=O)/C=C/c1ccc(OC)c(OC)c1. The van der Waals surface area contributed by atoms with Gasteiger partial charge in [0.2, 0.25) is 5.91 Å². The number of hydrogen-bond acceptors (Lipinski definition) is 4. The molecule has 0 spiro atoms. The first-order chi connectivity index (χ1) is 13.2. The topological polar surface area (TPSA) is 56.8 Å². The van der Waals surface area contributed by atoms with Crippen LogP contribution in [-0.2, 0) is 11.2 Å². The quantitative estimate of drug-likeness (QED) is 0.510. The highest BCUT2D eigenvalue weighted by molar-refractivity contribution is 5.91. The molecule has 0 unspecified atom stereocenters. The molecule has 2 aromatic rings. The Labute approximate surface area is 161 Å². The summed E-state index contributed by atoms with van der Waals surface area (Å²) in [5.74, 6) is 2.09. The monoisotopic (exact) mass is 369 g/mol. The summed E-state index contributed by atoms with van der Waals surface area (Å²) >= 11 is 0. The maximum Gasteiger partial charge on any atom is 0.243 e. The molecule has 1 N–H and O–H groups in total. The average molecular weight is 369 g/mol. The Kier molecular flexibility index (Phi) is 8.23. The molecule has 0 aromatic heterocycles. The van der Waals surface area contributed by atoms with Gasteiger partial charge in [-0.1, -0.05) is 24.3 Å². The van der Waals surface area contributed by atoms with E-state index in [0.717, 1.165) is 29.7 Å². The van der Waals surface area contributed by atoms with E-state index in [1.165, 1.54) is 6.08 Å². The minimum Gasteiger partial charge on any atom is -0.494 e. The van der Waals surface area contributed by atoms with Gasteiger partial charge in [-0.3, -0.25) is 4.79 Å². The van der Waals surface area contributed by atoms with Crippen LogP contribution in [0, 0.1) is 0 Å². The number of methoxy groups -OCH3 is 2. The molecular weight excluding hydrogens is 342 g/mol. The van der Waals surface area contributed by atoms with E-state index in [-0.39, 0.29) is 5.91 Å². The number of carbonyl (C=O) groups is 1. The van der Waals surface area contributed by atoms with Gasteiger partial charge in [0.1, 0.15) is 5.75 Å². The van der Waals surface area contributed by atoms with Crippen LogP contribution in [0.2, 0.25) is 0 Å². The molecular formula is C22H27NO4. The zero-order valence-electron chi connectivity index (χ0n) is 16.2. The van der Waals surface area contributed by atoms with Crippen molar-refractivity contribution in [3.05, 3.63) is 59.7 Å². The average Bonchev–Trinajstić information content (AvgIpc) is 2.70. The molecule has 0 bridgehead atoms. The maximum absolute atomic E-state index is 12.0. The van der Waals surface area contributed by atoms with E-state index >= 15 is 0 Å². The van der Waals surface area contributed by atoms with Crippen molar-refractivity contribution in [3.8, 4) is 17.2 Å². The van der Waals surface area contributed by atoms with E-state index in [0.29, 0.717) is 24.7 Å². The van der Waals surface area contributed by atoms with Gasteiger partial charge in [0.15, 0.2) is 11.5 Å². The van der Waals surface area contributed by atoms with Crippen molar-refractivity contribution < 1.29 is 19.0 Å². The molecule has 0 saturated heterocycles. The summed E-state index contributed by atoms with van der Waals surface area (Å²) in [4.78, 5) is 12.0. The standard InChI is InChI=1S/C22H27NO4/c1-4-27-19-10-6-5-8-18(19)9-7-15-23-22(24)14-12-17-11-13-20(25-2)21(16-17)26-3/h5-6,8,10-14,16H,4,7,9,15H2,1-3H3,(H,23,24)/b14-12+. The highest BCUT2D eigenvalue weighted by atomic mass is 16.5. The van der Waals surface area contributed by atoms with Crippen LogP contribution in [0.1, 0.15) is 24.5 Å². The molecule has 0 aliphatic carbocycles. The van der Waals surface area contributed by atoms with Crippen molar-refractivity contribution >= 4 is 12.0 Å². The van der Waals surface area contributed by atoms with Gasteiger partial charge in [0, 0.05) is 12.6 Å². The van der Waals surface area contributed by atoms with Crippen LogP contribution in [0.15, 0.2) is 48.5 Å². The molecule has 0 saturated carbocycles. The van der Waals surface area contributed by atoms with E-state index in [9.17, 15) is 4.79 Å². The molecule has 5 heteroatoms. The van der Waals surface area contributed by atoms with Gasteiger partial charge in [0.25, 0.3) is 0 Å². The molecule has 0 aliphatic heterocycles. The molecule has 2 aromatic carbocycles. The number of amides is 1. The second kappa shape index (κ2) is 10.9. The first-order valence-electron chi connectivity index (χ1n) is 9.06. The Morgan fingerprint density at radius 2 is 1.81 bits per heavy atom. The lowest BCUT2D eigenvalue weighted by atomic mass is 10.1. The Balaban J connectivity index is 1.80. The Bertz CT molecular complexity index is 771. The third-order valence-corrected chi connectivity index (χ3v) is 4.03. The molecule has 27 heavy (non-hydrogen) atoms. The Hall–Kier alpha value is -2.95. The van der Waals surface area contributed by atoms with Crippen molar-refractivity contribution in [2.45, 2.75) is 19.8 Å². The summed E-state index contributed by atoms with van der Waals surface area (Å²) in [7, 11) is 3.18. The van der Waals surface area contributed by atoms with Gasteiger partial charge < -0.3 is 19.5 Å². The van der Waals surface area contributed by atoms with Crippen LogP contribution in [0.3, 0.4) is 0 Å². The van der Waals surface area contributed by atoms with Gasteiger partial charge in [-0.05, 0) is 55.2 Å². The number of carbonyl (C=O) groups excluding carboxylic acids is 1. The fourth-order valence-corrected chi connectivity index (χ4v) is 2.68. The Morgan fingerprint density at radius 1 is 1.04 bits per heavy atom. The van der Waals surface area contributed by atoms with Crippen LogP contribution in [0.4, 0.5) is 0 Å². The number of aryl methyl sites for hydroxylation is 1. The predicted molar refractivity (Wildman–Crippen MR) is 108 cm³/mol. The van der Waals surface area contributed by atoms with Gasteiger partial charge in [0.05, 0.1) is 20.8 Å². The normalized spacial score (nSPS) is 10.6. The molecule has 1 amide bonds. The summed E-state index contributed by atoms with van der Waals surface area (Å²) in [5.41, 5.74) is 2.03. The summed E-state index contributed by atoms with van der Waals surface area (Å²) < 4.78 is 16.1. The smallest absolute Gasteiger partial charge is 0.243 e. The molecule has 0 atom stereocenters. The highest BCUT2D eigenvalue weighted by Crippen LogP contribution is 2.27. The zero-order chi connectivity index (χ0) is 19.5. The Morgan fingerprint density at radius 3 is 2.56 bits per heavy atom. The molecule has 0 heterocycles. The minimum absolute atomic E-state index is 0.122. The number of rotatable bonds is 10. The van der Waals surface area contributed by atoms with Gasteiger partial charge in [-0.25, -0.2) is 0 Å². The third kappa shape index (κ3) is 6.37. The second-order valence-electron chi connectivity index (χ2n) is 5.88. The van der Waals surface area contributed by atoms with Crippen molar-refractivity contribution in [2.75, 3.05) is 27.4 Å². The van der Waals surface area contributed by atoms with Crippen molar-refractivity contribution in [3.63, 3.8) is 0 Å². The van der Waals surface area contributed by atoms with Crippen LogP contribution in [-0.4, -0.2) is 33.3 Å². The second-order valence-corrected chi connectivity index (χ2v) is 5.88. The molecule has 0 radical (unpaired) electrons. The summed E-state index contributed by atoms with van der Waals surface area (Å²) in [6, 6.07) is 13.5. The van der Waals surface area contributed by atoms with Gasteiger partial charge >= 0.3 is 0 Å². The molecule has 2 rings (SSSR count). The van der Waals surface area contributed by atoms with E-state index in [1.807, 2.05) is 43.3 Å². The van der Waals surface area contributed by atoms with Crippen LogP contribution >= 0.6 is 0 Å². The minimum atomic E-state index is -0.122. The number of nitrogens with one attached hydrogen (secondary N) is 1. The van der Waals surface area contributed by atoms with Crippen LogP contribution in [0.25, 0.3) is 6.08 Å².